The number of hydrogen-bond donors (Lipinski definition) is 1. The Morgan fingerprint density at radius 2 is 2.24 bits per heavy atom. The van der Waals surface area contributed by atoms with E-state index in [1.165, 1.54) is 17.7 Å². The standard InChI is InChI=1S/C17H27ClN2O/c1-13(2)10-19-11-14-6-7-15(9-17(14)18)20-8-4-5-16(12-20)21-3/h6-7,9,13,16,19H,4-5,8,10-12H2,1-3H3. The van der Waals surface area contributed by atoms with E-state index in [9.17, 15) is 0 Å². The van der Waals surface area contributed by atoms with Crippen molar-refractivity contribution in [2.75, 3.05) is 31.6 Å². The summed E-state index contributed by atoms with van der Waals surface area (Å²) < 4.78 is 5.49. The van der Waals surface area contributed by atoms with Crippen LogP contribution in [0.5, 0.6) is 0 Å². The van der Waals surface area contributed by atoms with Crippen LogP contribution in [0.4, 0.5) is 5.69 Å². The monoisotopic (exact) mass is 310 g/mol. The van der Waals surface area contributed by atoms with E-state index >= 15 is 0 Å². The predicted molar refractivity (Wildman–Crippen MR) is 90.2 cm³/mol. The van der Waals surface area contributed by atoms with Crippen LogP contribution >= 0.6 is 11.6 Å². The molecule has 0 amide bonds. The minimum atomic E-state index is 0.338. The first-order valence-electron chi connectivity index (χ1n) is 7.87. The van der Waals surface area contributed by atoms with Crippen molar-refractivity contribution >= 4 is 17.3 Å². The Morgan fingerprint density at radius 1 is 1.43 bits per heavy atom. The van der Waals surface area contributed by atoms with Crippen LogP contribution in [-0.2, 0) is 11.3 Å². The van der Waals surface area contributed by atoms with Gasteiger partial charge in [-0.05, 0) is 43.0 Å². The third-order valence-corrected chi connectivity index (χ3v) is 4.33. The zero-order valence-corrected chi connectivity index (χ0v) is 14.1. The Bertz CT molecular complexity index is 450. The first kappa shape index (κ1) is 16.6. The molecule has 1 aromatic carbocycles. The number of halogens is 1. The number of methoxy groups -OCH3 is 1. The highest BCUT2D eigenvalue weighted by atomic mass is 35.5. The fraction of sp³-hybridized carbons (Fsp3) is 0.647. The third-order valence-electron chi connectivity index (χ3n) is 3.98. The molecule has 0 radical (unpaired) electrons. The van der Waals surface area contributed by atoms with E-state index < -0.39 is 0 Å². The van der Waals surface area contributed by atoms with Crippen molar-refractivity contribution in [2.45, 2.75) is 39.3 Å². The molecule has 4 heteroatoms. The summed E-state index contributed by atoms with van der Waals surface area (Å²) in [6.07, 6.45) is 2.66. The van der Waals surface area contributed by atoms with Gasteiger partial charge in [0.25, 0.3) is 0 Å². The Kier molecular flexibility index (Phi) is 6.34. The van der Waals surface area contributed by atoms with Gasteiger partial charge in [0, 0.05) is 37.5 Å². The van der Waals surface area contributed by atoms with Crippen LogP contribution in [0.2, 0.25) is 5.02 Å². The lowest BCUT2D eigenvalue weighted by Gasteiger charge is -2.33. The topological polar surface area (TPSA) is 24.5 Å². The average molecular weight is 311 g/mol. The van der Waals surface area contributed by atoms with Gasteiger partial charge in [0.05, 0.1) is 6.10 Å². The number of nitrogens with zero attached hydrogens (tertiary/aromatic N) is 1. The second-order valence-electron chi connectivity index (χ2n) is 6.25. The van der Waals surface area contributed by atoms with Gasteiger partial charge in [-0.15, -0.1) is 0 Å². The van der Waals surface area contributed by atoms with Crippen LogP contribution in [0.3, 0.4) is 0 Å². The van der Waals surface area contributed by atoms with Gasteiger partial charge in [-0.1, -0.05) is 31.5 Å². The molecular formula is C17H27ClN2O. The van der Waals surface area contributed by atoms with Crippen molar-refractivity contribution in [3.8, 4) is 0 Å². The second-order valence-corrected chi connectivity index (χ2v) is 6.65. The molecule has 1 heterocycles. The molecular weight excluding hydrogens is 284 g/mol. The maximum absolute atomic E-state index is 6.44. The normalized spacial score (nSPS) is 19.3. The lowest BCUT2D eigenvalue weighted by Crippen LogP contribution is -2.39. The average Bonchev–Trinajstić information content (AvgIpc) is 2.48. The summed E-state index contributed by atoms with van der Waals surface area (Å²) in [7, 11) is 1.80. The molecule has 1 fully saturated rings. The van der Waals surface area contributed by atoms with Gasteiger partial charge in [-0.2, -0.15) is 0 Å². The molecule has 0 aliphatic carbocycles. The molecule has 2 rings (SSSR count). The van der Waals surface area contributed by atoms with Crippen molar-refractivity contribution in [3.63, 3.8) is 0 Å². The van der Waals surface area contributed by atoms with Gasteiger partial charge >= 0.3 is 0 Å². The number of anilines is 1. The molecule has 1 N–H and O–H groups in total. The van der Waals surface area contributed by atoms with Gasteiger partial charge in [-0.3, -0.25) is 0 Å². The second kappa shape index (κ2) is 8.02. The molecule has 1 aromatic rings. The molecule has 1 atom stereocenters. The molecule has 1 aliphatic rings. The van der Waals surface area contributed by atoms with E-state index in [1.54, 1.807) is 7.11 Å². The number of hydrogen-bond acceptors (Lipinski definition) is 3. The lowest BCUT2D eigenvalue weighted by atomic mass is 10.1. The van der Waals surface area contributed by atoms with E-state index in [0.29, 0.717) is 12.0 Å². The van der Waals surface area contributed by atoms with Crippen molar-refractivity contribution in [1.29, 1.82) is 0 Å². The SMILES string of the molecule is COC1CCCN(c2ccc(CNCC(C)C)c(Cl)c2)C1. The van der Waals surface area contributed by atoms with Gasteiger partial charge in [0.1, 0.15) is 0 Å². The summed E-state index contributed by atoms with van der Waals surface area (Å²) >= 11 is 6.44. The molecule has 1 aliphatic heterocycles. The Balaban J connectivity index is 1.97. The number of benzene rings is 1. The van der Waals surface area contributed by atoms with Crippen LogP contribution in [0.25, 0.3) is 0 Å². The fourth-order valence-electron chi connectivity index (χ4n) is 2.74. The molecule has 21 heavy (non-hydrogen) atoms. The zero-order valence-electron chi connectivity index (χ0n) is 13.4. The highest BCUT2D eigenvalue weighted by Gasteiger charge is 2.20. The van der Waals surface area contributed by atoms with Crippen LogP contribution in [0.15, 0.2) is 18.2 Å². The number of nitrogens with one attached hydrogen (secondary N) is 1. The number of ether oxygens (including phenoxy) is 1. The summed E-state index contributed by atoms with van der Waals surface area (Å²) in [5, 5.41) is 4.29. The predicted octanol–water partition coefficient (Wildman–Crippen LogP) is 3.70. The Hall–Kier alpha value is -0.770. The molecule has 1 unspecified atom stereocenters. The Labute approximate surface area is 133 Å². The maximum atomic E-state index is 6.44. The van der Waals surface area contributed by atoms with E-state index in [2.05, 4.69) is 42.3 Å². The van der Waals surface area contributed by atoms with E-state index in [1.807, 2.05) is 0 Å². The molecule has 0 spiro atoms. The zero-order chi connectivity index (χ0) is 15.2. The van der Waals surface area contributed by atoms with Crippen molar-refractivity contribution < 1.29 is 4.74 Å². The highest BCUT2D eigenvalue weighted by molar-refractivity contribution is 6.31. The first-order chi connectivity index (χ1) is 10.1. The fourth-order valence-corrected chi connectivity index (χ4v) is 2.98. The summed E-state index contributed by atoms with van der Waals surface area (Å²) in [5.41, 5.74) is 2.37. The summed E-state index contributed by atoms with van der Waals surface area (Å²) in [6, 6.07) is 6.41. The third kappa shape index (κ3) is 4.87. The summed E-state index contributed by atoms with van der Waals surface area (Å²) in [6.45, 7) is 8.30. The van der Waals surface area contributed by atoms with Crippen LogP contribution in [-0.4, -0.2) is 32.8 Å². The van der Waals surface area contributed by atoms with Crippen LogP contribution < -0.4 is 10.2 Å². The van der Waals surface area contributed by atoms with Gasteiger partial charge < -0.3 is 15.0 Å². The van der Waals surface area contributed by atoms with Crippen LogP contribution in [0.1, 0.15) is 32.3 Å². The molecule has 0 saturated carbocycles. The number of rotatable bonds is 6. The number of piperidine rings is 1. The molecule has 3 nitrogen and oxygen atoms in total. The molecule has 0 aromatic heterocycles. The first-order valence-corrected chi connectivity index (χ1v) is 8.25. The maximum Gasteiger partial charge on any atom is 0.0746 e. The molecule has 0 bridgehead atoms. The lowest BCUT2D eigenvalue weighted by molar-refractivity contribution is 0.0893. The summed E-state index contributed by atoms with van der Waals surface area (Å²) in [5.74, 6) is 0.655. The van der Waals surface area contributed by atoms with Crippen molar-refractivity contribution in [1.82, 2.24) is 5.32 Å². The van der Waals surface area contributed by atoms with E-state index in [-0.39, 0.29) is 0 Å². The largest absolute Gasteiger partial charge is 0.380 e. The van der Waals surface area contributed by atoms with E-state index in [0.717, 1.165) is 37.6 Å². The van der Waals surface area contributed by atoms with Gasteiger partial charge in [0.15, 0.2) is 0 Å². The minimum absolute atomic E-state index is 0.338. The quantitative estimate of drug-likeness (QED) is 0.867. The smallest absolute Gasteiger partial charge is 0.0746 e. The van der Waals surface area contributed by atoms with Gasteiger partial charge in [-0.25, -0.2) is 0 Å². The van der Waals surface area contributed by atoms with Crippen LogP contribution in [0, 0.1) is 5.92 Å². The van der Waals surface area contributed by atoms with Crippen molar-refractivity contribution in [3.05, 3.63) is 28.8 Å². The Morgan fingerprint density at radius 3 is 2.90 bits per heavy atom. The molecule has 1 saturated heterocycles. The van der Waals surface area contributed by atoms with E-state index in [4.69, 9.17) is 16.3 Å². The summed E-state index contributed by atoms with van der Waals surface area (Å²) in [4.78, 5) is 2.37. The highest BCUT2D eigenvalue weighted by Crippen LogP contribution is 2.26. The van der Waals surface area contributed by atoms with Gasteiger partial charge in [0.2, 0.25) is 0 Å². The minimum Gasteiger partial charge on any atom is -0.380 e. The molecule has 118 valence electrons. The van der Waals surface area contributed by atoms with Crippen molar-refractivity contribution in [2.24, 2.45) is 5.92 Å².